The van der Waals surface area contributed by atoms with Crippen LogP contribution < -0.4 is 0 Å². The Bertz CT molecular complexity index is 343. The van der Waals surface area contributed by atoms with E-state index in [0.717, 1.165) is 6.54 Å². The van der Waals surface area contributed by atoms with Crippen LogP contribution in [0.5, 0.6) is 5.75 Å². The van der Waals surface area contributed by atoms with Crippen LogP contribution in [0.2, 0.25) is 0 Å². The van der Waals surface area contributed by atoms with Gasteiger partial charge in [-0.25, -0.2) is 0 Å². The maximum atomic E-state index is 12.1. The number of phenolic OH excluding ortho intramolecular Hbond substituents is 1. The third-order valence-electron chi connectivity index (χ3n) is 2.37. The molecule has 88 valence electrons. The standard InChI is InChI=1S/C13H19NO2/c1-4-14(9-10(2)3)13(16)11-5-7-12(15)8-6-11/h5-8,10,15H,4,9H2,1-3H3. The number of aromatic hydroxyl groups is 1. The second kappa shape index (κ2) is 5.54. The van der Waals surface area contributed by atoms with Crippen molar-refractivity contribution in [3.05, 3.63) is 29.8 Å². The lowest BCUT2D eigenvalue weighted by Crippen LogP contribution is -2.33. The van der Waals surface area contributed by atoms with Crippen LogP contribution in [-0.2, 0) is 0 Å². The predicted molar refractivity (Wildman–Crippen MR) is 64.5 cm³/mol. The van der Waals surface area contributed by atoms with Crippen LogP contribution in [0.25, 0.3) is 0 Å². The Kier molecular flexibility index (Phi) is 4.35. The zero-order valence-corrected chi connectivity index (χ0v) is 10.1. The van der Waals surface area contributed by atoms with Crippen molar-refractivity contribution in [2.24, 2.45) is 5.92 Å². The van der Waals surface area contributed by atoms with E-state index < -0.39 is 0 Å². The number of hydrogen-bond donors (Lipinski definition) is 1. The molecule has 1 aromatic rings. The lowest BCUT2D eigenvalue weighted by molar-refractivity contribution is 0.0746. The summed E-state index contributed by atoms with van der Waals surface area (Å²) < 4.78 is 0. The smallest absolute Gasteiger partial charge is 0.253 e. The van der Waals surface area contributed by atoms with Gasteiger partial charge in [0.1, 0.15) is 5.75 Å². The molecule has 0 atom stereocenters. The van der Waals surface area contributed by atoms with Gasteiger partial charge in [-0.2, -0.15) is 0 Å². The monoisotopic (exact) mass is 221 g/mol. The zero-order valence-electron chi connectivity index (χ0n) is 10.1. The van der Waals surface area contributed by atoms with Crippen molar-refractivity contribution in [1.82, 2.24) is 4.90 Å². The Morgan fingerprint density at radius 1 is 1.31 bits per heavy atom. The molecule has 0 spiro atoms. The number of carbonyl (C=O) groups is 1. The maximum Gasteiger partial charge on any atom is 0.253 e. The molecule has 16 heavy (non-hydrogen) atoms. The molecular formula is C13H19NO2. The average molecular weight is 221 g/mol. The van der Waals surface area contributed by atoms with E-state index in [4.69, 9.17) is 5.11 Å². The molecule has 0 saturated carbocycles. The minimum atomic E-state index is 0.0243. The summed E-state index contributed by atoms with van der Waals surface area (Å²) in [4.78, 5) is 13.9. The Hall–Kier alpha value is -1.51. The Morgan fingerprint density at radius 2 is 1.88 bits per heavy atom. The molecule has 1 aromatic carbocycles. The molecule has 0 heterocycles. The molecule has 3 heteroatoms. The van der Waals surface area contributed by atoms with Gasteiger partial charge in [-0.3, -0.25) is 4.79 Å². The van der Waals surface area contributed by atoms with Crippen molar-refractivity contribution in [2.45, 2.75) is 20.8 Å². The second-order valence-electron chi connectivity index (χ2n) is 4.28. The van der Waals surface area contributed by atoms with Gasteiger partial charge in [0.05, 0.1) is 0 Å². The van der Waals surface area contributed by atoms with Crippen LogP contribution in [0.3, 0.4) is 0 Å². The van der Waals surface area contributed by atoms with E-state index in [1.54, 1.807) is 12.1 Å². The summed E-state index contributed by atoms with van der Waals surface area (Å²) in [5, 5.41) is 9.15. The van der Waals surface area contributed by atoms with E-state index in [9.17, 15) is 4.79 Å². The first-order valence-electron chi connectivity index (χ1n) is 5.63. The quantitative estimate of drug-likeness (QED) is 0.848. The van der Waals surface area contributed by atoms with Gasteiger partial charge in [0.25, 0.3) is 5.91 Å². The van der Waals surface area contributed by atoms with Crippen LogP contribution in [0.15, 0.2) is 24.3 Å². The number of benzene rings is 1. The molecular weight excluding hydrogens is 202 g/mol. The van der Waals surface area contributed by atoms with Crippen LogP contribution >= 0.6 is 0 Å². The molecule has 1 rings (SSSR count). The number of rotatable bonds is 4. The molecule has 0 aromatic heterocycles. The topological polar surface area (TPSA) is 40.5 Å². The van der Waals surface area contributed by atoms with Crippen LogP contribution in [0.1, 0.15) is 31.1 Å². The van der Waals surface area contributed by atoms with Gasteiger partial charge >= 0.3 is 0 Å². The zero-order chi connectivity index (χ0) is 12.1. The first-order valence-corrected chi connectivity index (χ1v) is 5.63. The van der Waals surface area contributed by atoms with E-state index in [-0.39, 0.29) is 11.7 Å². The van der Waals surface area contributed by atoms with E-state index in [0.29, 0.717) is 18.0 Å². The van der Waals surface area contributed by atoms with Gasteiger partial charge in [0, 0.05) is 18.7 Å². The molecule has 1 N–H and O–H groups in total. The van der Waals surface area contributed by atoms with Crippen LogP contribution in [0.4, 0.5) is 0 Å². The Balaban J connectivity index is 2.78. The predicted octanol–water partition coefficient (Wildman–Crippen LogP) is 2.51. The summed E-state index contributed by atoms with van der Waals surface area (Å²) in [5.74, 6) is 0.667. The highest BCUT2D eigenvalue weighted by atomic mass is 16.3. The van der Waals surface area contributed by atoms with Crippen molar-refractivity contribution < 1.29 is 9.90 Å². The summed E-state index contributed by atoms with van der Waals surface area (Å²) in [5.41, 5.74) is 0.625. The van der Waals surface area contributed by atoms with Gasteiger partial charge in [0.15, 0.2) is 0 Å². The van der Waals surface area contributed by atoms with Gasteiger partial charge in [-0.05, 0) is 37.1 Å². The average Bonchev–Trinajstić information content (AvgIpc) is 2.25. The highest BCUT2D eigenvalue weighted by Gasteiger charge is 2.14. The van der Waals surface area contributed by atoms with Crippen molar-refractivity contribution in [3.8, 4) is 5.75 Å². The molecule has 0 unspecified atom stereocenters. The lowest BCUT2D eigenvalue weighted by atomic mass is 10.1. The van der Waals surface area contributed by atoms with Gasteiger partial charge in [0.2, 0.25) is 0 Å². The third-order valence-corrected chi connectivity index (χ3v) is 2.37. The first kappa shape index (κ1) is 12.6. The molecule has 0 fully saturated rings. The van der Waals surface area contributed by atoms with Gasteiger partial charge in [-0.15, -0.1) is 0 Å². The Labute approximate surface area is 96.7 Å². The van der Waals surface area contributed by atoms with E-state index in [2.05, 4.69) is 13.8 Å². The third kappa shape index (κ3) is 3.26. The highest BCUT2D eigenvalue weighted by Crippen LogP contribution is 2.12. The molecule has 1 amide bonds. The second-order valence-corrected chi connectivity index (χ2v) is 4.28. The summed E-state index contributed by atoms with van der Waals surface area (Å²) in [6.45, 7) is 7.62. The molecule has 3 nitrogen and oxygen atoms in total. The van der Waals surface area contributed by atoms with Crippen LogP contribution in [-0.4, -0.2) is 29.0 Å². The molecule has 0 aliphatic rings. The van der Waals surface area contributed by atoms with Crippen LogP contribution in [0, 0.1) is 5.92 Å². The number of phenols is 1. The van der Waals surface area contributed by atoms with E-state index in [1.807, 2.05) is 11.8 Å². The summed E-state index contributed by atoms with van der Waals surface area (Å²) in [6.07, 6.45) is 0. The summed E-state index contributed by atoms with van der Waals surface area (Å²) in [6, 6.07) is 6.38. The fourth-order valence-corrected chi connectivity index (χ4v) is 1.58. The SMILES string of the molecule is CCN(CC(C)C)C(=O)c1ccc(O)cc1. The van der Waals surface area contributed by atoms with Crippen molar-refractivity contribution in [2.75, 3.05) is 13.1 Å². The Morgan fingerprint density at radius 3 is 2.31 bits per heavy atom. The normalized spacial score (nSPS) is 10.5. The fourth-order valence-electron chi connectivity index (χ4n) is 1.58. The lowest BCUT2D eigenvalue weighted by Gasteiger charge is -2.22. The number of carbonyl (C=O) groups excluding carboxylic acids is 1. The first-order chi connectivity index (χ1) is 7.54. The minimum absolute atomic E-state index is 0.0243. The number of nitrogens with zero attached hydrogens (tertiary/aromatic N) is 1. The highest BCUT2D eigenvalue weighted by molar-refractivity contribution is 5.94. The van der Waals surface area contributed by atoms with Crippen molar-refractivity contribution in [3.63, 3.8) is 0 Å². The maximum absolute atomic E-state index is 12.1. The summed E-state index contributed by atoms with van der Waals surface area (Å²) in [7, 11) is 0. The number of amides is 1. The number of hydrogen-bond acceptors (Lipinski definition) is 2. The van der Waals surface area contributed by atoms with Crippen molar-refractivity contribution in [1.29, 1.82) is 0 Å². The molecule has 0 radical (unpaired) electrons. The van der Waals surface area contributed by atoms with Gasteiger partial charge < -0.3 is 10.0 Å². The summed E-state index contributed by atoms with van der Waals surface area (Å²) >= 11 is 0. The molecule has 0 bridgehead atoms. The largest absolute Gasteiger partial charge is 0.508 e. The van der Waals surface area contributed by atoms with Gasteiger partial charge in [-0.1, -0.05) is 13.8 Å². The molecule has 0 aliphatic carbocycles. The molecule has 0 aliphatic heterocycles. The van der Waals surface area contributed by atoms with Crippen molar-refractivity contribution >= 4 is 5.91 Å². The van der Waals surface area contributed by atoms with E-state index in [1.165, 1.54) is 12.1 Å². The minimum Gasteiger partial charge on any atom is -0.508 e. The fraction of sp³-hybridized carbons (Fsp3) is 0.462. The van der Waals surface area contributed by atoms with E-state index >= 15 is 0 Å². The molecule has 0 saturated heterocycles.